The van der Waals surface area contributed by atoms with Gasteiger partial charge in [-0.3, -0.25) is 4.79 Å². The van der Waals surface area contributed by atoms with Gasteiger partial charge in [0.05, 0.1) is 11.6 Å². The van der Waals surface area contributed by atoms with Gasteiger partial charge < -0.3 is 14.8 Å². The fourth-order valence-electron chi connectivity index (χ4n) is 3.14. The number of carbonyl (C=O) groups is 1. The molecular formula is C18H26ClNO3. The summed E-state index contributed by atoms with van der Waals surface area (Å²) in [6.45, 7) is 4.82. The molecule has 1 N–H and O–H groups in total. The predicted molar refractivity (Wildman–Crippen MR) is 93.2 cm³/mol. The minimum atomic E-state index is -0.735. The maximum absolute atomic E-state index is 12.7. The molecule has 5 heteroatoms. The molecule has 1 fully saturated rings. The molecule has 128 valence electrons. The van der Waals surface area contributed by atoms with Crippen LogP contribution in [0.2, 0.25) is 5.02 Å². The zero-order chi connectivity index (χ0) is 16.9. The van der Waals surface area contributed by atoms with Gasteiger partial charge in [0, 0.05) is 12.8 Å². The molecule has 4 nitrogen and oxygen atoms in total. The summed E-state index contributed by atoms with van der Waals surface area (Å²) in [6.07, 6.45) is 4.58. The quantitative estimate of drug-likeness (QED) is 0.819. The first-order valence-corrected chi connectivity index (χ1v) is 8.67. The molecule has 0 saturated heterocycles. The lowest BCUT2D eigenvalue weighted by Crippen LogP contribution is -2.47. The highest BCUT2D eigenvalue weighted by molar-refractivity contribution is 6.32. The van der Waals surface area contributed by atoms with Gasteiger partial charge in [0.25, 0.3) is 5.91 Å². The van der Waals surface area contributed by atoms with Gasteiger partial charge in [-0.05, 0) is 49.8 Å². The van der Waals surface area contributed by atoms with Gasteiger partial charge in [-0.25, -0.2) is 0 Å². The SMILES string of the molecule is CCCOc1ccc(NC(=O)[C@]2(OC)CCC[C@H](C)C2)cc1Cl. The smallest absolute Gasteiger partial charge is 0.256 e. The number of halogens is 1. The summed E-state index contributed by atoms with van der Waals surface area (Å²) in [4.78, 5) is 12.7. The van der Waals surface area contributed by atoms with Crippen LogP contribution in [0.4, 0.5) is 5.69 Å². The molecule has 1 amide bonds. The second kappa shape index (κ2) is 8.02. The number of methoxy groups -OCH3 is 1. The third kappa shape index (κ3) is 4.39. The Morgan fingerprint density at radius 2 is 2.26 bits per heavy atom. The number of rotatable bonds is 6. The van der Waals surface area contributed by atoms with Gasteiger partial charge in [0.2, 0.25) is 0 Å². The summed E-state index contributed by atoms with van der Waals surface area (Å²) in [5.74, 6) is 1.03. The Morgan fingerprint density at radius 1 is 1.48 bits per heavy atom. The van der Waals surface area contributed by atoms with Gasteiger partial charge in [0.1, 0.15) is 11.4 Å². The fourth-order valence-corrected chi connectivity index (χ4v) is 3.38. The molecule has 2 rings (SSSR count). The lowest BCUT2D eigenvalue weighted by molar-refractivity contribution is -0.143. The van der Waals surface area contributed by atoms with E-state index in [-0.39, 0.29) is 5.91 Å². The van der Waals surface area contributed by atoms with Gasteiger partial charge >= 0.3 is 0 Å². The maximum Gasteiger partial charge on any atom is 0.256 e. The number of anilines is 1. The molecule has 1 aliphatic carbocycles. The van der Waals surface area contributed by atoms with Crippen molar-refractivity contribution in [2.45, 2.75) is 51.6 Å². The Labute approximate surface area is 143 Å². The molecule has 1 aromatic rings. The van der Waals surface area contributed by atoms with E-state index < -0.39 is 5.60 Å². The third-order valence-electron chi connectivity index (χ3n) is 4.41. The topological polar surface area (TPSA) is 47.6 Å². The fraction of sp³-hybridized carbons (Fsp3) is 0.611. The lowest BCUT2D eigenvalue weighted by Gasteiger charge is -2.37. The van der Waals surface area contributed by atoms with Crippen LogP contribution < -0.4 is 10.1 Å². The van der Waals surface area contributed by atoms with Crippen LogP contribution in [-0.4, -0.2) is 25.2 Å². The first-order valence-electron chi connectivity index (χ1n) is 8.29. The van der Waals surface area contributed by atoms with Gasteiger partial charge in [-0.2, -0.15) is 0 Å². The molecule has 2 atom stereocenters. The maximum atomic E-state index is 12.7. The van der Waals surface area contributed by atoms with Gasteiger partial charge in [0.15, 0.2) is 0 Å². The molecule has 0 aromatic heterocycles. The Balaban J connectivity index is 2.08. The van der Waals surface area contributed by atoms with Crippen molar-refractivity contribution in [3.63, 3.8) is 0 Å². The number of hydrogen-bond acceptors (Lipinski definition) is 3. The summed E-state index contributed by atoms with van der Waals surface area (Å²) in [5.41, 5.74) is -0.0693. The van der Waals surface area contributed by atoms with Crippen LogP contribution in [0.25, 0.3) is 0 Å². The van der Waals surface area contributed by atoms with E-state index in [1.54, 1.807) is 19.2 Å². The van der Waals surface area contributed by atoms with Crippen LogP contribution in [0.15, 0.2) is 18.2 Å². The van der Waals surface area contributed by atoms with E-state index >= 15 is 0 Å². The molecule has 0 radical (unpaired) electrons. The van der Waals surface area contributed by atoms with Crippen LogP contribution in [0, 0.1) is 5.92 Å². The van der Waals surface area contributed by atoms with E-state index in [1.807, 2.05) is 13.0 Å². The minimum Gasteiger partial charge on any atom is -0.492 e. The molecular weight excluding hydrogens is 314 g/mol. The third-order valence-corrected chi connectivity index (χ3v) is 4.71. The summed E-state index contributed by atoms with van der Waals surface area (Å²) in [6, 6.07) is 5.32. The van der Waals surface area contributed by atoms with Crippen LogP contribution in [0.3, 0.4) is 0 Å². The highest BCUT2D eigenvalue weighted by atomic mass is 35.5. The largest absolute Gasteiger partial charge is 0.492 e. The number of carbonyl (C=O) groups excluding carboxylic acids is 1. The molecule has 0 bridgehead atoms. The zero-order valence-corrected chi connectivity index (χ0v) is 14.9. The average molecular weight is 340 g/mol. The van der Waals surface area contributed by atoms with Crippen LogP contribution in [0.5, 0.6) is 5.75 Å². The Bertz CT molecular complexity index is 549. The van der Waals surface area contributed by atoms with Crippen LogP contribution >= 0.6 is 11.6 Å². The van der Waals surface area contributed by atoms with E-state index in [4.69, 9.17) is 21.1 Å². The standard InChI is InChI=1S/C18H26ClNO3/c1-4-10-23-16-8-7-14(11-15(16)19)20-17(21)18(22-3)9-5-6-13(2)12-18/h7-8,11,13H,4-6,9-10,12H2,1-3H3,(H,20,21)/t13-,18-/m0/s1. The molecule has 1 aliphatic rings. The molecule has 0 heterocycles. The number of hydrogen-bond donors (Lipinski definition) is 1. The molecule has 0 spiro atoms. The van der Waals surface area contributed by atoms with E-state index in [1.165, 1.54) is 0 Å². The molecule has 1 saturated carbocycles. The number of ether oxygens (including phenoxy) is 2. The van der Waals surface area contributed by atoms with Crippen LogP contribution in [-0.2, 0) is 9.53 Å². The minimum absolute atomic E-state index is 0.0927. The van der Waals surface area contributed by atoms with E-state index in [2.05, 4.69) is 12.2 Å². The van der Waals surface area contributed by atoms with Crippen molar-refractivity contribution in [3.8, 4) is 5.75 Å². The molecule has 1 aromatic carbocycles. The normalized spacial score (nSPS) is 24.3. The Hall–Kier alpha value is -1.26. The van der Waals surface area contributed by atoms with Crippen LogP contribution in [0.1, 0.15) is 46.0 Å². The van der Waals surface area contributed by atoms with Crippen molar-refractivity contribution < 1.29 is 14.3 Å². The van der Waals surface area contributed by atoms with Crippen molar-refractivity contribution in [3.05, 3.63) is 23.2 Å². The Kier molecular flexibility index (Phi) is 6.31. The molecule has 23 heavy (non-hydrogen) atoms. The van der Waals surface area contributed by atoms with E-state index in [0.717, 1.165) is 32.1 Å². The lowest BCUT2D eigenvalue weighted by atomic mass is 9.78. The highest BCUT2D eigenvalue weighted by Crippen LogP contribution is 2.36. The molecule has 0 aliphatic heterocycles. The second-order valence-electron chi connectivity index (χ2n) is 6.35. The van der Waals surface area contributed by atoms with Gasteiger partial charge in [-0.1, -0.05) is 31.9 Å². The highest BCUT2D eigenvalue weighted by Gasteiger charge is 2.42. The van der Waals surface area contributed by atoms with E-state index in [9.17, 15) is 4.79 Å². The van der Waals surface area contributed by atoms with Crippen molar-refractivity contribution in [2.75, 3.05) is 19.0 Å². The zero-order valence-electron chi connectivity index (χ0n) is 14.2. The monoisotopic (exact) mass is 339 g/mol. The summed E-state index contributed by atoms with van der Waals surface area (Å²) in [5, 5.41) is 3.44. The number of benzene rings is 1. The van der Waals surface area contributed by atoms with E-state index in [0.29, 0.717) is 29.0 Å². The average Bonchev–Trinajstić information content (AvgIpc) is 2.54. The van der Waals surface area contributed by atoms with Crippen molar-refractivity contribution in [1.82, 2.24) is 0 Å². The number of amides is 1. The first kappa shape index (κ1) is 18.1. The summed E-state index contributed by atoms with van der Waals surface area (Å²) >= 11 is 6.22. The number of nitrogens with one attached hydrogen (secondary N) is 1. The summed E-state index contributed by atoms with van der Waals surface area (Å²) < 4.78 is 11.2. The van der Waals surface area contributed by atoms with Crippen molar-refractivity contribution in [2.24, 2.45) is 5.92 Å². The van der Waals surface area contributed by atoms with Crippen molar-refractivity contribution in [1.29, 1.82) is 0 Å². The second-order valence-corrected chi connectivity index (χ2v) is 6.75. The Morgan fingerprint density at radius 3 is 2.87 bits per heavy atom. The molecule has 0 unspecified atom stereocenters. The summed E-state index contributed by atoms with van der Waals surface area (Å²) in [7, 11) is 1.62. The van der Waals surface area contributed by atoms with Crippen molar-refractivity contribution >= 4 is 23.2 Å². The van der Waals surface area contributed by atoms with Gasteiger partial charge in [-0.15, -0.1) is 0 Å². The first-order chi connectivity index (χ1) is 11.0. The predicted octanol–water partition coefficient (Wildman–Crippen LogP) is 4.66.